The number of para-hydroxylation sites is 1. The number of rotatable bonds is 17. The van der Waals surface area contributed by atoms with E-state index < -0.39 is 0 Å². The number of carbonyl (C=O) groups excluding carboxylic acids is 1. The second-order valence-electron chi connectivity index (χ2n) is 8.71. The molecule has 11 nitrogen and oxygen atoms in total. The average molecular weight is 620 g/mol. The molecule has 0 atom stereocenters. The topological polar surface area (TPSA) is 131 Å². The maximum absolute atomic E-state index is 13.3. The highest BCUT2D eigenvalue weighted by Crippen LogP contribution is 2.43. The SMILES string of the molecule is O=C1Nc2cc(Br)ccc2/C1=C1\C(=N\OCCOCCOCCO)c2ccccc2N1CCOCCOCCO. The Bertz CT molecular complexity index is 1210. The van der Waals surface area contributed by atoms with E-state index in [1.54, 1.807) is 0 Å². The lowest BCUT2D eigenvalue weighted by Gasteiger charge is -2.22. The number of hydrogen-bond acceptors (Lipinski definition) is 10. The van der Waals surface area contributed by atoms with E-state index in [1.165, 1.54) is 0 Å². The first-order chi connectivity index (χ1) is 19.7. The molecule has 0 saturated carbocycles. The van der Waals surface area contributed by atoms with Crippen LogP contribution in [-0.4, -0.2) is 101 Å². The van der Waals surface area contributed by atoms with Crippen LogP contribution in [0, 0.1) is 0 Å². The zero-order chi connectivity index (χ0) is 28.2. The Kier molecular flexibility index (Phi) is 11.9. The number of aliphatic hydroxyl groups excluding tert-OH is 2. The van der Waals surface area contributed by atoms with Crippen molar-refractivity contribution in [1.29, 1.82) is 0 Å². The minimum atomic E-state index is -0.224. The molecule has 4 rings (SSSR count). The molecule has 3 N–H and O–H groups in total. The Hall–Kier alpha value is -2.84. The summed E-state index contributed by atoms with van der Waals surface area (Å²) in [6, 6.07) is 13.5. The molecule has 1 amide bonds. The predicted molar refractivity (Wildman–Crippen MR) is 153 cm³/mol. The van der Waals surface area contributed by atoms with E-state index in [0.29, 0.717) is 68.9 Å². The largest absolute Gasteiger partial charge is 0.394 e. The van der Waals surface area contributed by atoms with Gasteiger partial charge in [-0.3, -0.25) is 4.79 Å². The molecule has 0 radical (unpaired) electrons. The van der Waals surface area contributed by atoms with Crippen LogP contribution in [0.5, 0.6) is 0 Å². The van der Waals surface area contributed by atoms with Crippen LogP contribution in [-0.2, 0) is 28.6 Å². The van der Waals surface area contributed by atoms with Gasteiger partial charge in [-0.1, -0.05) is 45.4 Å². The third kappa shape index (κ3) is 7.67. The van der Waals surface area contributed by atoms with Gasteiger partial charge in [0, 0.05) is 22.1 Å². The monoisotopic (exact) mass is 619 g/mol. The number of allylic oxidation sites excluding steroid dienone is 1. The van der Waals surface area contributed by atoms with E-state index in [0.717, 1.165) is 21.3 Å². The number of anilines is 2. The van der Waals surface area contributed by atoms with Crippen molar-refractivity contribution in [2.45, 2.75) is 0 Å². The molecule has 40 heavy (non-hydrogen) atoms. The predicted octanol–water partition coefficient (Wildman–Crippen LogP) is 2.40. The molecule has 0 saturated heterocycles. The summed E-state index contributed by atoms with van der Waals surface area (Å²) in [5.74, 6) is -0.224. The summed E-state index contributed by atoms with van der Waals surface area (Å²) in [5.41, 5.74) is 4.92. The molecule has 0 aliphatic carbocycles. The maximum atomic E-state index is 13.3. The minimum Gasteiger partial charge on any atom is -0.394 e. The average Bonchev–Trinajstić information content (AvgIpc) is 3.43. The summed E-state index contributed by atoms with van der Waals surface area (Å²) in [4.78, 5) is 21.1. The lowest BCUT2D eigenvalue weighted by Crippen LogP contribution is -2.28. The maximum Gasteiger partial charge on any atom is 0.258 e. The fraction of sp³-hybridized carbons (Fsp3) is 0.429. The van der Waals surface area contributed by atoms with Crippen molar-refractivity contribution >= 4 is 44.5 Å². The van der Waals surface area contributed by atoms with E-state index in [1.807, 2.05) is 47.4 Å². The number of amides is 1. The lowest BCUT2D eigenvalue weighted by molar-refractivity contribution is -0.110. The number of carbonyl (C=O) groups is 1. The molecule has 2 aliphatic rings. The van der Waals surface area contributed by atoms with Crippen LogP contribution in [0.2, 0.25) is 0 Å². The van der Waals surface area contributed by atoms with Gasteiger partial charge in [0.2, 0.25) is 0 Å². The summed E-state index contributed by atoms with van der Waals surface area (Å²) in [7, 11) is 0. The van der Waals surface area contributed by atoms with Gasteiger partial charge in [0.05, 0.1) is 88.7 Å². The Labute approximate surface area is 241 Å². The van der Waals surface area contributed by atoms with Gasteiger partial charge < -0.3 is 44.2 Å². The molecule has 2 aromatic rings. The van der Waals surface area contributed by atoms with Crippen molar-refractivity contribution in [3.63, 3.8) is 0 Å². The summed E-state index contributed by atoms with van der Waals surface area (Å²) in [6.07, 6.45) is 0. The molecule has 12 heteroatoms. The van der Waals surface area contributed by atoms with Crippen LogP contribution in [0.25, 0.3) is 5.57 Å². The van der Waals surface area contributed by atoms with Gasteiger partial charge in [-0.25, -0.2) is 0 Å². The molecule has 2 heterocycles. The van der Waals surface area contributed by atoms with E-state index in [-0.39, 0.29) is 38.9 Å². The van der Waals surface area contributed by atoms with Crippen molar-refractivity contribution < 1.29 is 38.8 Å². The quantitative estimate of drug-likeness (QED) is 0.139. The van der Waals surface area contributed by atoms with Crippen molar-refractivity contribution in [3.05, 3.63) is 63.8 Å². The number of ether oxygens (including phenoxy) is 4. The number of nitrogens with zero attached hydrogens (tertiary/aromatic N) is 2. The van der Waals surface area contributed by atoms with Crippen LogP contribution in [0.4, 0.5) is 11.4 Å². The highest BCUT2D eigenvalue weighted by molar-refractivity contribution is 9.10. The third-order valence-electron chi connectivity index (χ3n) is 6.06. The molecular formula is C28H34BrN3O8. The highest BCUT2D eigenvalue weighted by Gasteiger charge is 2.38. The second-order valence-corrected chi connectivity index (χ2v) is 9.62. The third-order valence-corrected chi connectivity index (χ3v) is 6.55. The highest BCUT2D eigenvalue weighted by atomic mass is 79.9. The molecule has 0 spiro atoms. The van der Waals surface area contributed by atoms with Crippen LogP contribution < -0.4 is 10.2 Å². The molecule has 216 valence electrons. The Morgan fingerprint density at radius 1 is 0.800 bits per heavy atom. The van der Waals surface area contributed by atoms with Gasteiger partial charge in [-0.05, 0) is 18.2 Å². The van der Waals surface area contributed by atoms with Crippen molar-refractivity contribution in [1.82, 2.24) is 0 Å². The summed E-state index contributed by atoms with van der Waals surface area (Å²) in [5, 5.41) is 25.1. The molecule has 0 unspecified atom stereocenters. The van der Waals surface area contributed by atoms with Gasteiger partial charge in [-0.2, -0.15) is 0 Å². The zero-order valence-corrected chi connectivity index (χ0v) is 23.7. The first-order valence-corrected chi connectivity index (χ1v) is 13.9. The Morgan fingerprint density at radius 2 is 1.45 bits per heavy atom. The standard InChI is InChI=1S/C28H34BrN3O8/c29-20-5-6-21-23(19-20)30-28(35)25(21)27-26(31-40-18-17-39-16-15-38-12-9-34)22-3-1-2-4-24(22)32(27)7-10-36-13-14-37-11-8-33/h1-6,19,33-34H,7-18H2,(H,30,35)/b27-25-,31-26+. The molecule has 2 aliphatic heterocycles. The Morgan fingerprint density at radius 3 is 2.17 bits per heavy atom. The molecule has 0 aromatic heterocycles. The van der Waals surface area contributed by atoms with Gasteiger partial charge in [-0.15, -0.1) is 0 Å². The second kappa shape index (κ2) is 15.8. The number of aliphatic hydroxyl groups is 2. The van der Waals surface area contributed by atoms with Crippen LogP contribution in [0.15, 0.2) is 57.8 Å². The molecule has 0 bridgehead atoms. The molecule has 2 aromatic carbocycles. The summed E-state index contributed by atoms with van der Waals surface area (Å²) >= 11 is 3.48. The number of nitrogens with one attached hydrogen (secondary N) is 1. The van der Waals surface area contributed by atoms with E-state index in [9.17, 15) is 4.79 Å². The smallest absolute Gasteiger partial charge is 0.258 e. The van der Waals surface area contributed by atoms with Gasteiger partial charge >= 0.3 is 0 Å². The Balaban J connectivity index is 1.56. The van der Waals surface area contributed by atoms with E-state index >= 15 is 0 Å². The van der Waals surface area contributed by atoms with Crippen molar-refractivity contribution in [2.24, 2.45) is 5.16 Å². The van der Waals surface area contributed by atoms with Gasteiger partial charge in [0.15, 0.2) is 0 Å². The van der Waals surface area contributed by atoms with Crippen molar-refractivity contribution in [3.8, 4) is 0 Å². The number of fused-ring (bicyclic) bond motifs is 2. The lowest BCUT2D eigenvalue weighted by atomic mass is 10.0. The van der Waals surface area contributed by atoms with Crippen LogP contribution in [0.1, 0.15) is 11.1 Å². The van der Waals surface area contributed by atoms with Gasteiger partial charge in [0.1, 0.15) is 12.3 Å². The summed E-state index contributed by atoms with van der Waals surface area (Å²) in [6.45, 7) is 3.37. The normalized spacial score (nSPS) is 16.9. The number of oxime groups is 1. The number of benzene rings is 2. The zero-order valence-electron chi connectivity index (χ0n) is 22.1. The number of halogens is 1. The van der Waals surface area contributed by atoms with Crippen LogP contribution in [0.3, 0.4) is 0 Å². The minimum absolute atomic E-state index is 0.0259. The first-order valence-electron chi connectivity index (χ1n) is 13.1. The van der Waals surface area contributed by atoms with E-state index in [2.05, 4.69) is 26.4 Å². The fourth-order valence-corrected chi connectivity index (χ4v) is 4.74. The first kappa shape index (κ1) is 30.1. The van der Waals surface area contributed by atoms with E-state index in [4.69, 9.17) is 34.0 Å². The van der Waals surface area contributed by atoms with Crippen molar-refractivity contribution in [2.75, 3.05) is 89.4 Å². The summed E-state index contributed by atoms with van der Waals surface area (Å²) < 4.78 is 22.6. The molecule has 0 fully saturated rings. The van der Waals surface area contributed by atoms with Crippen LogP contribution >= 0.6 is 15.9 Å². The molecular weight excluding hydrogens is 586 g/mol. The van der Waals surface area contributed by atoms with Gasteiger partial charge in [0.25, 0.3) is 5.91 Å². The number of hydrogen-bond donors (Lipinski definition) is 3. The fourth-order valence-electron chi connectivity index (χ4n) is 4.38.